The molecule has 6 rings (SSSR count). The Morgan fingerprint density at radius 2 is 1.70 bits per heavy atom. The van der Waals surface area contributed by atoms with Crippen LogP contribution in [-0.4, -0.2) is 62.4 Å². The Labute approximate surface area is 256 Å². The van der Waals surface area contributed by atoms with Crippen LogP contribution in [0.25, 0.3) is 10.9 Å². The molecule has 2 aromatic rings. The van der Waals surface area contributed by atoms with Crippen molar-refractivity contribution in [3.8, 4) is 0 Å². The summed E-state index contributed by atoms with van der Waals surface area (Å²) in [6, 6.07) is 6.41. The molecule has 9 heteroatoms. The van der Waals surface area contributed by atoms with E-state index in [0.717, 1.165) is 48.1 Å². The maximum Gasteiger partial charge on any atom is 0.279 e. The first-order valence-electron chi connectivity index (χ1n) is 16.0. The van der Waals surface area contributed by atoms with E-state index in [1.54, 1.807) is 14.2 Å². The fraction of sp³-hybridized carbons (Fsp3) is 0.559. The number of hydrogen-bond donors (Lipinski definition) is 1. The zero-order valence-electron chi connectivity index (χ0n) is 25.8. The zero-order chi connectivity index (χ0) is 30.1. The van der Waals surface area contributed by atoms with Crippen LogP contribution in [0.2, 0.25) is 0 Å². The number of amides is 1. The van der Waals surface area contributed by atoms with Crippen LogP contribution in [-0.2, 0) is 32.8 Å². The summed E-state index contributed by atoms with van der Waals surface area (Å²) in [5.41, 5.74) is 5.51. The number of ether oxygens (including phenoxy) is 1. The summed E-state index contributed by atoms with van der Waals surface area (Å²) in [5.74, 6) is 1.47. The molecule has 0 saturated heterocycles. The first-order valence-corrected chi connectivity index (χ1v) is 17.5. The molecule has 1 N–H and O–H groups in total. The van der Waals surface area contributed by atoms with E-state index < -0.39 is 10.2 Å². The minimum atomic E-state index is -3.59. The van der Waals surface area contributed by atoms with Crippen molar-refractivity contribution in [1.29, 1.82) is 0 Å². The molecule has 1 amide bonds. The lowest BCUT2D eigenvalue weighted by atomic mass is 9.77. The van der Waals surface area contributed by atoms with E-state index >= 15 is 0 Å². The highest BCUT2D eigenvalue weighted by Crippen LogP contribution is 2.47. The molecule has 8 nitrogen and oxygen atoms in total. The van der Waals surface area contributed by atoms with Gasteiger partial charge in [-0.2, -0.15) is 17.4 Å². The molecule has 0 radical (unpaired) electrons. The standard InChI is InChI=1S/C34H46N4O4S/c1-36-17-9-4-5-10-18-37(2)43(40,41)35-22-24-13-15-30-31(19-24)38-23-27(34(36)39)20-26-21-28(42-3)14-16-29(26)33(38)32(30)25-11-7-6-8-12-25/h13-16,19-21,25-26,29,35H,4-12,17-18,22-23H2,1-3H3. The summed E-state index contributed by atoms with van der Waals surface area (Å²) in [7, 11) is 1.66. The topological polar surface area (TPSA) is 83.9 Å². The van der Waals surface area contributed by atoms with Gasteiger partial charge in [0.2, 0.25) is 0 Å². The molecule has 43 heavy (non-hydrogen) atoms. The van der Waals surface area contributed by atoms with E-state index in [4.69, 9.17) is 4.74 Å². The van der Waals surface area contributed by atoms with Gasteiger partial charge in [-0.25, -0.2) is 0 Å². The van der Waals surface area contributed by atoms with Gasteiger partial charge in [0.05, 0.1) is 13.7 Å². The number of nitrogens with one attached hydrogen (secondary N) is 1. The molecule has 2 aliphatic heterocycles. The lowest BCUT2D eigenvalue weighted by molar-refractivity contribution is -0.126. The van der Waals surface area contributed by atoms with Gasteiger partial charge in [-0.15, -0.1) is 0 Å². The zero-order valence-corrected chi connectivity index (χ0v) is 26.7. The molecule has 2 atom stereocenters. The molecule has 0 spiro atoms. The fourth-order valence-corrected chi connectivity index (χ4v) is 8.46. The maximum atomic E-state index is 14.0. The Hall–Kier alpha value is -2.88. The number of carbonyl (C=O) groups excluding carboxylic acids is 1. The first-order chi connectivity index (χ1) is 20.8. The molecule has 1 aromatic carbocycles. The molecule has 1 aromatic heterocycles. The third kappa shape index (κ3) is 6.08. The highest BCUT2D eigenvalue weighted by molar-refractivity contribution is 7.87. The van der Waals surface area contributed by atoms with Gasteiger partial charge in [-0.3, -0.25) is 4.79 Å². The molecule has 2 aliphatic carbocycles. The van der Waals surface area contributed by atoms with Crippen LogP contribution in [0.15, 0.2) is 53.8 Å². The number of likely N-dealkylation sites (N-methyl/N-ethyl adjacent to an activating group) is 1. The van der Waals surface area contributed by atoms with Gasteiger partial charge in [0.15, 0.2) is 0 Å². The lowest BCUT2D eigenvalue weighted by Crippen LogP contribution is -2.38. The lowest BCUT2D eigenvalue weighted by Gasteiger charge is -2.28. The number of hydrogen-bond acceptors (Lipinski definition) is 4. The Morgan fingerprint density at radius 3 is 2.47 bits per heavy atom. The Kier molecular flexibility index (Phi) is 8.85. The van der Waals surface area contributed by atoms with Gasteiger partial charge >= 0.3 is 0 Å². The minimum Gasteiger partial charge on any atom is -0.497 e. The van der Waals surface area contributed by atoms with Gasteiger partial charge < -0.3 is 14.2 Å². The van der Waals surface area contributed by atoms with E-state index in [0.29, 0.717) is 25.6 Å². The fourth-order valence-electron chi connectivity index (χ4n) is 7.52. The van der Waals surface area contributed by atoms with Crippen molar-refractivity contribution in [2.24, 2.45) is 5.92 Å². The molecular weight excluding hydrogens is 560 g/mol. The van der Waals surface area contributed by atoms with Crippen LogP contribution < -0.4 is 4.72 Å². The van der Waals surface area contributed by atoms with Crippen molar-refractivity contribution in [2.45, 2.75) is 82.7 Å². The Morgan fingerprint density at radius 1 is 0.953 bits per heavy atom. The number of methoxy groups -OCH3 is 1. The maximum absolute atomic E-state index is 14.0. The van der Waals surface area contributed by atoms with Crippen molar-refractivity contribution >= 4 is 27.0 Å². The Bertz CT molecular complexity index is 1560. The van der Waals surface area contributed by atoms with Gasteiger partial charge in [0.1, 0.15) is 5.76 Å². The number of benzene rings is 1. The van der Waals surface area contributed by atoms with E-state index in [-0.39, 0.29) is 24.3 Å². The van der Waals surface area contributed by atoms with E-state index in [1.807, 2.05) is 11.9 Å². The SMILES string of the molecule is COC1=CC2C=C3Cn4c(c(C5CCCCC5)c5ccc(cc54)CNS(=O)(=O)N(C)CCCCCCN(C)C3=O)C2C=C1. The highest BCUT2D eigenvalue weighted by Gasteiger charge is 2.36. The largest absolute Gasteiger partial charge is 0.497 e. The van der Waals surface area contributed by atoms with Crippen LogP contribution in [0.1, 0.15) is 86.4 Å². The second-order valence-electron chi connectivity index (χ2n) is 12.8. The van der Waals surface area contributed by atoms with Gasteiger partial charge in [0, 0.05) is 67.7 Å². The second kappa shape index (κ2) is 12.6. The number of fused-ring (bicyclic) bond motifs is 4. The van der Waals surface area contributed by atoms with E-state index in [2.05, 4.69) is 51.8 Å². The molecule has 4 aliphatic rings. The van der Waals surface area contributed by atoms with Gasteiger partial charge in [-0.1, -0.05) is 56.4 Å². The normalized spacial score (nSPS) is 26.0. The summed E-state index contributed by atoms with van der Waals surface area (Å²) >= 11 is 0. The number of allylic oxidation sites excluding steroid dienone is 4. The number of rotatable bonds is 2. The molecule has 232 valence electrons. The number of aromatic nitrogens is 1. The van der Waals surface area contributed by atoms with Crippen molar-refractivity contribution in [1.82, 2.24) is 18.5 Å². The highest BCUT2D eigenvalue weighted by atomic mass is 32.2. The van der Waals surface area contributed by atoms with Crippen LogP contribution in [0.3, 0.4) is 0 Å². The summed E-state index contributed by atoms with van der Waals surface area (Å²) in [4.78, 5) is 15.9. The smallest absolute Gasteiger partial charge is 0.279 e. The van der Waals surface area contributed by atoms with E-state index in [9.17, 15) is 13.2 Å². The summed E-state index contributed by atoms with van der Waals surface area (Å²) in [6.45, 7) is 1.87. The molecular formula is C34H46N4O4S. The summed E-state index contributed by atoms with van der Waals surface area (Å²) in [6.07, 6.45) is 18.3. The third-order valence-electron chi connectivity index (χ3n) is 9.94. The van der Waals surface area contributed by atoms with Crippen LogP contribution in [0, 0.1) is 5.92 Å². The predicted molar refractivity (Wildman–Crippen MR) is 171 cm³/mol. The molecule has 3 heterocycles. The molecule has 1 fully saturated rings. The van der Waals surface area contributed by atoms with Crippen molar-refractivity contribution in [2.75, 3.05) is 34.3 Å². The average Bonchev–Trinajstić information content (AvgIpc) is 3.23. The number of carbonyl (C=O) groups is 1. The molecule has 2 unspecified atom stereocenters. The molecule has 1 saturated carbocycles. The van der Waals surface area contributed by atoms with Crippen molar-refractivity contribution < 1.29 is 17.9 Å². The van der Waals surface area contributed by atoms with Crippen molar-refractivity contribution in [3.63, 3.8) is 0 Å². The Balaban J connectivity index is 1.52. The number of nitrogens with zero attached hydrogens (tertiary/aromatic N) is 3. The third-order valence-corrected chi connectivity index (χ3v) is 11.5. The van der Waals surface area contributed by atoms with Crippen LogP contribution in [0.5, 0.6) is 0 Å². The van der Waals surface area contributed by atoms with E-state index in [1.165, 1.54) is 53.1 Å². The monoisotopic (exact) mass is 606 g/mol. The average molecular weight is 607 g/mol. The quantitative estimate of drug-likeness (QED) is 0.474. The van der Waals surface area contributed by atoms with Gasteiger partial charge in [0.25, 0.3) is 16.1 Å². The van der Waals surface area contributed by atoms with Crippen molar-refractivity contribution in [3.05, 3.63) is 70.7 Å². The second-order valence-corrected chi connectivity index (χ2v) is 14.6. The predicted octanol–water partition coefficient (Wildman–Crippen LogP) is 5.73. The van der Waals surface area contributed by atoms with Crippen LogP contribution >= 0.6 is 0 Å². The van der Waals surface area contributed by atoms with Crippen LogP contribution in [0.4, 0.5) is 0 Å². The summed E-state index contributed by atoms with van der Waals surface area (Å²) in [5, 5.41) is 1.23. The minimum absolute atomic E-state index is 0.0103. The molecule has 4 bridgehead atoms. The first kappa shape index (κ1) is 30.2. The van der Waals surface area contributed by atoms with Gasteiger partial charge in [-0.05, 0) is 60.9 Å². The summed E-state index contributed by atoms with van der Waals surface area (Å²) < 4.78 is 38.4.